The minimum Gasteiger partial charge on any atom is -0.353 e. The lowest BCUT2D eigenvalue weighted by Gasteiger charge is -2.42. The van der Waals surface area contributed by atoms with Crippen LogP contribution in [0.15, 0.2) is 24.3 Å². The normalized spacial score (nSPS) is 24.3. The Morgan fingerprint density at radius 1 is 1.30 bits per heavy atom. The van der Waals surface area contributed by atoms with Crippen LogP contribution in [0.5, 0.6) is 0 Å². The van der Waals surface area contributed by atoms with Crippen LogP contribution in [0.3, 0.4) is 0 Å². The van der Waals surface area contributed by atoms with Gasteiger partial charge in [-0.05, 0) is 68.8 Å². The molecule has 0 radical (unpaired) electrons. The van der Waals surface area contributed by atoms with Gasteiger partial charge in [0.15, 0.2) is 0 Å². The van der Waals surface area contributed by atoms with Crippen LogP contribution in [-0.2, 0) is 9.59 Å². The Hall–Kier alpha value is -2.48. The number of imide groups is 1. The zero-order chi connectivity index (χ0) is 24.4. The van der Waals surface area contributed by atoms with Crippen molar-refractivity contribution in [3.63, 3.8) is 0 Å². The molecule has 2 N–H and O–H groups in total. The number of benzene rings is 1. The maximum atomic E-state index is 13.6. The third kappa shape index (κ3) is 5.37. The van der Waals surface area contributed by atoms with Crippen LogP contribution in [0.2, 0.25) is 0 Å². The van der Waals surface area contributed by atoms with Crippen LogP contribution in [-0.4, -0.2) is 60.4 Å². The lowest BCUT2D eigenvalue weighted by Crippen LogP contribution is -2.51. The van der Waals surface area contributed by atoms with Crippen molar-refractivity contribution >= 4 is 17.8 Å². The minimum absolute atomic E-state index is 0.206. The van der Waals surface area contributed by atoms with Crippen molar-refractivity contribution in [3.8, 4) is 0 Å². The standard InChI is InChI=1S/C25H37FN4O3/c1-6-24(2,3)18-10-12-25(13-11-18)22(32)30(23(33)28-25)16-21(31)27-15-20(29(4)5)17-8-7-9-19(26)14-17/h7-9,14,18,20H,6,10-13,15-16H2,1-5H3,(H,27,31)(H,28,33). The molecule has 3 rings (SSSR count). The van der Waals surface area contributed by atoms with Crippen molar-refractivity contribution in [2.24, 2.45) is 11.3 Å². The summed E-state index contributed by atoms with van der Waals surface area (Å²) in [5.41, 5.74) is 0.0594. The number of hydrogen-bond donors (Lipinski definition) is 2. The molecular weight excluding hydrogens is 423 g/mol. The largest absolute Gasteiger partial charge is 0.353 e. The summed E-state index contributed by atoms with van der Waals surface area (Å²) in [7, 11) is 3.69. The van der Waals surface area contributed by atoms with E-state index >= 15 is 0 Å². The fourth-order valence-electron chi connectivity index (χ4n) is 5.06. The van der Waals surface area contributed by atoms with Gasteiger partial charge in [0.25, 0.3) is 5.91 Å². The number of rotatable bonds is 8. The lowest BCUT2D eigenvalue weighted by atomic mass is 9.65. The minimum atomic E-state index is -0.884. The molecule has 4 amide bonds. The number of carbonyl (C=O) groups excluding carboxylic acids is 3. The fraction of sp³-hybridized carbons (Fsp3) is 0.640. The van der Waals surface area contributed by atoms with E-state index in [0.717, 1.165) is 29.7 Å². The maximum Gasteiger partial charge on any atom is 0.325 e. The zero-order valence-corrected chi connectivity index (χ0v) is 20.4. The Morgan fingerprint density at radius 2 is 1.97 bits per heavy atom. The van der Waals surface area contributed by atoms with Crippen LogP contribution < -0.4 is 10.6 Å². The summed E-state index contributed by atoms with van der Waals surface area (Å²) in [6.07, 6.45) is 4.04. The molecule has 1 aliphatic heterocycles. The summed E-state index contributed by atoms with van der Waals surface area (Å²) in [5.74, 6) is -0.544. The molecule has 8 heteroatoms. The summed E-state index contributed by atoms with van der Waals surface area (Å²) in [5, 5.41) is 5.69. The third-order valence-corrected chi connectivity index (χ3v) is 7.75. The predicted molar refractivity (Wildman–Crippen MR) is 125 cm³/mol. The topological polar surface area (TPSA) is 81.8 Å². The van der Waals surface area contributed by atoms with Crippen molar-refractivity contribution in [2.75, 3.05) is 27.2 Å². The van der Waals surface area contributed by atoms with E-state index in [0.29, 0.717) is 18.8 Å². The number of amides is 4. The molecule has 2 aliphatic rings. The molecule has 1 saturated carbocycles. The van der Waals surface area contributed by atoms with E-state index in [9.17, 15) is 18.8 Å². The van der Waals surface area contributed by atoms with E-state index in [1.807, 2.05) is 19.0 Å². The molecule has 1 aromatic rings. The molecule has 1 aliphatic carbocycles. The maximum absolute atomic E-state index is 13.6. The summed E-state index contributed by atoms with van der Waals surface area (Å²) in [4.78, 5) is 41.3. The number of likely N-dealkylation sites (N-methyl/N-ethyl adjacent to an activating group) is 1. The number of halogens is 1. The van der Waals surface area contributed by atoms with Gasteiger partial charge in [0, 0.05) is 6.54 Å². The molecule has 1 unspecified atom stereocenters. The summed E-state index contributed by atoms with van der Waals surface area (Å²) < 4.78 is 13.6. The smallest absolute Gasteiger partial charge is 0.325 e. The highest BCUT2D eigenvalue weighted by Gasteiger charge is 2.53. The van der Waals surface area contributed by atoms with Gasteiger partial charge in [-0.2, -0.15) is 0 Å². The third-order valence-electron chi connectivity index (χ3n) is 7.75. The molecular formula is C25H37FN4O3. The van der Waals surface area contributed by atoms with Gasteiger partial charge >= 0.3 is 6.03 Å². The Labute approximate surface area is 196 Å². The Kier molecular flexibility index (Phi) is 7.46. The number of nitrogens with zero attached hydrogens (tertiary/aromatic N) is 2. The molecule has 0 aromatic heterocycles. The molecule has 1 atom stereocenters. The van der Waals surface area contributed by atoms with Gasteiger partial charge in [-0.25, -0.2) is 9.18 Å². The van der Waals surface area contributed by atoms with E-state index in [4.69, 9.17) is 0 Å². The van der Waals surface area contributed by atoms with Crippen LogP contribution >= 0.6 is 0 Å². The first-order valence-electron chi connectivity index (χ1n) is 11.8. The molecule has 33 heavy (non-hydrogen) atoms. The number of carbonyl (C=O) groups is 3. The van der Waals surface area contributed by atoms with E-state index in [1.54, 1.807) is 12.1 Å². The Balaban J connectivity index is 1.59. The van der Waals surface area contributed by atoms with Crippen molar-refractivity contribution in [3.05, 3.63) is 35.6 Å². The summed E-state index contributed by atoms with van der Waals surface area (Å²) in [6.45, 7) is 6.61. The average Bonchev–Trinajstić information content (AvgIpc) is 2.98. The average molecular weight is 461 g/mol. The second kappa shape index (κ2) is 9.79. The highest BCUT2D eigenvalue weighted by Crippen LogP contribution is 2.45. The van der Waals surface area contributed by atoms with Crippen LogP contribution in [0.4, 0.5) is 9.18 Å². The number of urea groups is 1. The highest BCUT2D eigenvalue weighted by molar-refractivity contribution is 6.09. The van der Waals surface area contributed by atoms with Crippen LogP contribution in [0.25, 0.3) is 0 Å². The zero-order valence-electron chi connectivity index (χ0n) is 20.4. The Bertz CT molecular complexity index is 893. The molecule has 1 spiro atoms. The van der Waals surface area contributed by atoms with Gasteiger partial charge in [-0.1, -0.05) is 39.3 Å². The lowest BCUT2D eigenvalue weighted by molar-refractivity contribution is -0.136. The molecule has 1 aromatic carbocycles. The van der Waals surface area contributed by atoms with Gasteiger partial charge in [0.1, 0.15) is 17.9 Å². The van der Waals surface area contributed by atoms with Gasteiger partial charge in [0.05, 0.1) is 6.04 Å². The SMILES string of the molecule is CCC(C)(C)C1CCC2(CC1)NC(=O)N(CC(=O)NCC(c1cccc(F)c1)N(C)C)C2=O. The molecule has 1 heterocycles. The molecule has 0 bridgehead atoms. The Morgan fingerprint density at radius 3 is 2.55 bits per heavy atom. The van der Waals surface area contributed by atoms with E-state index in [2.05, 4.69) is 31.4 Å². The first-order chi connectivity index (χ1) is 15.5. The fourth-order valence-corrected chi connectivity index (χ4v) is 5.06. The van der Waals surface area contributed by atoms with Crippen LogP contribution in [0.1, 0.15) is 64.5 Å². The van der Waals surface area contributed by atoms with E-state index < -0.39 is 17.5 Å². The quantitative estimate of drug-likeness (QED) is 0.582. The van der Waals surface area contributed by atoms with Crippen molar-refractivity contribution in [2.45, 2.75) is 64.5 Å². The van der Waals surface area contributed by atoms with Gasteiger partial charge < -0.3 is 15.5 Å². The first-order valence-corrected chi connectivity index (χ1v) is 11.8. The van der Waals surface area contributed by atoms with Crippen molar-refractivity contribution in [1.29, 1.82) is 0 Å². The second-order valence-corrected chi connectivity index (χ2v) is 10.4. The number of nitrogens with one attached hydrogen (secondary N) is 2. The summed E-state index contributed by atoms with van der Waals surface area (Å²) in [6, 6.07) is 5.50. The molecule has 182 valence electrons. The van der Waals surface area contributed by atoms with Gasteiger partial charge in [-0.15, -0.1) is 0 Å². The first kappa shape index (κ1) is 25.1. The van der Waals surface area contributed by atoms with Gasteiger partial charge in [0.2, 0.25) is 5.91 Å². The predicted octanol–water partition coefficient (Wildman–Crippen LogP) is 3.46. The van der Waals surface area contributed by atoms with E-state index in [-0.39, 0.29) is 36.3 Å². The molecule has 2 fully saturated rings. The summed E-state index contributed by atoms with van der Waals surface area (Å²) >= 11 is 0. The highest BCUT2D eigenvalue weighted by atomic mass is 19.1. The number of hydrogen-bond acceptors (Lipinski definition) is 4. The molecule has 1 saturated heterocycles. The van der Waals surface area contributed by atoms with E-state index in [1.165, 1.54) is 12.1 Å². The monoisotopic (exact) mass is 460 g/mol. The van der Waals surface area contributed by atoms with Crippen molar-refractivity contribution in [1.82, 2.24) is 20.4 Å². The van der Waals surface area contributed by atoms with Gasteiger partial charge in [-0.3, -0.25) is 14.5 Å². The molecule has 7 nitrogen and oxygen atoms in total. The van der Waals surface area contributed by atoms with Crippen molar-refractivity contribution < 1.29 is 18.8 Å². The van der Waals surface area contributed by atoms with Crippen LogP contribution in [0, 0.1) is 17.2 Å². The second-order valence-electron chi connectivity index (χ2n) is 10.4.